The van der Waals surface area contributed by atoms with Crippen molar-refractivity contribution in [2.45, 2.75) is 32.3 Å². The van der Waals surface area contributed by atoms with E-state index in [4.69, 9.17) is 4.74 Å². The number of anilines is 1. The molecule has 1 atom stereocenters. The van der Waals surface area contributed by atoms with Gasteiger partial charge in [0, 0.05) is 32.0 Å². The number of ether oxygens (including phenoxy) is 1. The van der Waals surface area contributed by atoms with Crippen molar-refractivity contribution in [3.63, 3.8) is 0 Å². The molecule has 5 nitrogen and oxygen atoms in total. The fourth-order valence-electron chi connectivity index (χ4n) is 1.88. The van der Waals surface area contributed by atoms with Gasteiger partial charge in [-0.1, -0.05) is 13.8 Å². The highest BCUT2D eigenvalue weighted by Crippen LogP contribution is 2.12. The van der Waals surface area contributed by atoms with Crippen LogP contribution in [0.1, 0.15) is 31.7 Å². The highest BCUT2D eigenvalue weighted by atomic mass is 16.5. The molecular formula is C13H22N4O. The van der Waals surface area contributed by atoms with E-state index in [1.165, 1.54) is 5.56 Å². The van der Waals surface area contributed by atoms with Crippen LogP contribution in [0.5, 0.6) is 0 Å². The van der Waals surface area contributed by atoms with Gasteiger partial charge >= 0.3 is 0 Å². The topological polar surface area (TPSA) is 59.1 Å². The van der Waals surface area contributed by atoms with Crippen LogP contribution < -0.4 is 10.6 Å². The largest absolute Gasteiger partial charge is 0.376 e. The molecule has 0 spiro atoms. The Balaban J connectivity index is 1.72. The van der Waals surface area contributed by atoms with Crippen molar-refractivity contribution in [1.82, 2.24) is 15.3 Å². The molecule has 2 heterocycles. The molecule has 0 aromatic carbocycles. The van der Waals surface area contributed by atoms with Crippen molar-refractivity contribution in [3.05, 3.63) is 18.0 Å². The lowest BCUT2D eigenvalue weighted by Crippen LogP contribution is -2.39. The van der Waals surface area contributed by atoms with Crippen LogP contribution >= 0.6 is 0 Å². The molecule has 1 fully saturated rings. The van der Waals surface area contributed by atoms with Gasteiger partial charge < -0.3 is 15.4 Å². The second-order valence-electron chi connectivity index (χ2n) is 4.91. The summed E-state index contributed by atoms with van der Waals surface area (Å²) in [6.07, 6.45) is 5.06. The van der Waals surface area contributed by atoms with Gasteiger partial charge in [0.05, 0.1) is 12.7 Å². The van der Waals surface area contributed by atoms with Gasteiger partial charge in [0.1, 0.15) is 0 Å². The van der Waals surface area contributed by atoms with Crippen molar-refractivity contribution < 1.29 is 4.74 Å². The van der Waals surface area contributed by atoms with E-state index < -0.39 is 0 Å². The number of rotatable bonds is 5. The number of nitrogens with one attached hydrogen (secondary N) is 2. The van der Waals surface area contributed by atoms with Gasteiger partial charge in [-0.25, -0.2) is 9.97 Å². The van der Waals surface area contributed by atoms with Gasteiger partial charge in [-0.15, -0.1) is 0 Å². The predicted octanol–water partition coefficient (Wildman–Crippen LogP) is 1.39. The van der Waals surface area contributed by atoms with Crippen molar-refractivity contribution >= 4 is 5.95 Å². The third-order valence-electron chi connectivity index (χ3n) is 3.09. The molecule has 1 aromatic rings. The second-order valence-corrected chi connectivity index (χ2v) is 4.91. The average molecular weight is 250 g/mol. The van der Waals surface area contributed by atoms with Crippen LogP contribution in [0.25, 0.3) is 0 Å². The molecule has 0 radical (unpaired) electrons. The van der Waals surface area contributed by atoms with E-state index in [0.717, 1.165) is 32.7 Å². The van der Waals surface area contributed by atoms with Crippen LogP contribution in [-0.4, -0.2) is 42.3 Å². The van der Waals surface area contributed by atoms with Gasteiger partial charge in [0.15, 0.2) is 0 Å². The summed E-state index contributed by atoms with van der Waals surface area (Å²) in [5.74, 6) is 1.17. The van der Waals surface area contributed by atoms with Crippen molar-refractivity contribution in [1.29, 1.82) is 0 Å². The standard InChI is InChI=1S/C13H22N4O/c1-10(2)11-7-16-13(17-8-11)15-4-3-12-9-14-5-6-18-12/h7-8,10,12,14H,3-6,9H2,1-2H3,(H,15,16,17). The van der Waals surface area contributed by atoms with E-state index in [-0.39, 0.29) is 0 Å². The molecule has 5 heteroatoms. The van der Waals surface area contributed by atoms with E-state index in [2.05, 4.69) is 34.4 Å². The molecular weight excluding hydrogens is 228 g/mol. The number of morpholine rings is 1. The van der Waals surface area contributed by atoms with Gasteiger partial charge in [0.25, 0.3) is 0 Å². The summed E-state index contributed by atoms with van der Waals surface area (Å²) in [5.41, 5.74) is 1.17. The molecule has 2 N–H and O–H groups in total. The maximum absolute atomic E-state index is 5.62. The minimum atomic E-state index is 0.307. The lowest BCUT2D eigenvalue weighted by Gasteiger charge is -2.23. The van der Waals surface area contributed by atoms with Crippen molar-refractivity contribution in [3.8, 4) is 0 Å². The lowest BCUT2D eigenvalue weighted by molar-refractivity contribution is 0.0258. The summed E-state index contributed by atoms with van der Waals surface area (Å²) in [7, 11) is 0. The Labute approximate surface area is 108 Å². The first-order chi connectivity index (χ1) is 8.75. The smallest absolute Gasteiger partial charge is 0.222 e. The predicted molar refractivity (Wildman–Crippen MR) is 71.8 cm³/mol. The van der Waals surface area contributed by atoms with Crippen LogP contribution in [-0.2, 0) is 4.74 Å². The molecule has 18 heavy (non-hydrogen) atoms. The first kappa shape index (κ1) is 13.2. The van der Waals surface area contributed by atoms with Crippen molar-refractivity contribution in [2.75, 3.05) is 31.6 Å². The summed E-state index contributed by atoms with van der Waals surface area (Å²) < 4.78 is 5.62. The summed E-state index contributed by atoms with van der Waals surface area (Å²) >= 11 is 0. The molecule has 1 aliphatic rings. The minimum absolute atomic E-state index is 0.307. The van der Waals surface area contributed by atoms with Crippen LogP contribution in [0.4, 0.5) is 5.95 Å². The summed E-state index contributed by atoms with van der Waals surface area (Å²) in [5, 5.41) is 6.55. The first-order valence-electron chi connectivity index (χ1n) is 6.64. The van der Waals surface area contributed by atoms with Gasteiger partial charge in [-0.3, -0.25) is 0 Å². The Kier molecular flexibility index (Phi) is 4.90. The fraction of sp³-hybridized carbons (Fsp3) is 0.692. The van der Waals surface area contributed by atoms with Gasteiger partial charge in [-0.05, 0) is 17.9 Å². The third kappa shape index (κ3) is 3.92. The van der Waals surface area contributed by atoms with Crippen LogP contribution in [0.2, 0.25) is 0 Å². The van der Waals surface area contributed by atoms with Crippen LogP contribution in [0, 0.1) is 0 Å². The van der Waals surface area contributed by atoms with Crippen LogP contribution in [0.3, 0.4) is 0 Å². The Morgan fingerprint density at radius 1 is 1.44 bits per heavy atom. The monoisotopic (exact) mass is 250 g/mol. The molecule has 0 bridgehead atoms. The Morgan fingerprint density at radius 3 is 2.83 bits per heavy atom. The molecule has 2 rings (SSSR count). The molecule has 1 saturated heterocycles. The summed E-state index contributed by atoms with van der Waals surface area (Å²) in [6, 6.07) is 0. The normalized spacial score (nSPS) is 20.1. The quantitative estimate of drug-likeness (QED) is 0.827. The van der Waals surface area contributed by atoms with E-state index in [0.29, 0.717) is 18.0 Å². The number of hydrogen-bond acceptors (Lipinski definition) is 5. The molecule has 100 valence electrons. The van der Waals surface area contributed by atoms with E-state index >= 15 is 0 Å². The minimum Gasteiger partial charge on any atom is -0.376 e. The Morgan fingerprint density at radius 2 is 2.22 bits per heavy atom. The molecule has 1 aromatic heterocycles. The van der Waals surface area contributed by atoms with Gasteiger partial charge in [-0.2, -0.15) is 0 Å². The zero-order valence-electron chi connectivity index (χ0n) is 11.1. The number of aromatic nitrogens is 2. The summed E-state index contributed by atoms with van der Waals surface area (Å²) in [6.45, 7) is 7.83. The zero-order chi connectivity index (χ0) is 12.8. The van der Waals surface area contributed by atoms with Crippen molar-refractivity contribution in [2.24, 2.45) is 0 Å². The molecule has 0 saturated carbocycles. The maximum atomic E-state index is 5.62. The third-order valence-corrected chi connectivity index (χ3v) is 3.09. The Bertz CT molecular complexity index is 347. The second kappa shape index (κ2) is 6.66. The highest BCUT2D eigenvalue weighted by molar-refractivity contribution is 5.25. The zero-order valence-corrected chi connectivity index (χ0v) is 11.1. The molecule has 1 unspecified atom stereocenters. The van der Waals surface area contributed by atoms with Crippen LogP contribution in [0.15, 0.2) is 12.4 Å². The molecule has 1 aliphatic heterocycles. The van der Waals surface area contributed by atoms with E-state index in [1.54, 1.807) is 0 Å². The Hall–Kier alpha value is -1.20. The lowest BCUT2D eigenvalue weighted by atomic mass is 10.1. The fourth-order valence-corrected chi connectivity index (χ4v) is 1.88. The molecule has 0 amide bonds. The van der Waals surface area contributed by atoms with Gasteiger partial charge in [0.2, 0.25) is 5.95 Å². The SMILES string of the molecule is CC(C)c1cnc(NCCC2CNCCO2)nc1. The van der Waals surface area contributed by atoms with E-state index in [1.807, 2.05) is 12.4 Å². The molecule has 0 aliphatic carbocycles. The van der Waals surface area contributed by atoms with E-state index in [9.17, 15) is 0 Å². The summed E-state index contributed by atoms with van der Waals surface area (Å²) in [4.78, 5) is 8.61. The maximum Gasteiger partial charge on any atom is 0.222 e. The average Bonchev–Trinajstić information content (AvgIpc) is 2.40. The highest BCUT2D eigenvalue weighted by Gasteiger charge is 2.12. The number of nitrogens with zero attached hydrogens (tertiary/aromatic N) is 2. The first-order valence-corrected chi connectivity index (χ1v) is 6.64. The number of hydrogen-bond donors (Lipinski definition) is 2.